The first-order valence-corrected chi connectivity index (χ1v) is 8.68. The molecule has 0 aromatic carbocycles. The van der Waals surface area contributed by atoms with Gasteiger partial charge in [-0.3, -0.25) is 0 Å². The molecule has 1 atom stereocenters. The zero-order valence-electron chi connectivity index (χ0n) is 13.3. The molecule has 124 valence electrons. The van der Waals surface area contributed by atoms with E-state index in [0.717, 1.165) is 12.8 Å². The highest BCUT2D eigenvalue weighted by Crippen LogP contribution is 2.41. The van der Waals surface area contributed by atoms with Crippen molar-refractivity contribution < 1.29 is 9.84 Å². The molecule has 1 unspecified atom stereocenters. The number of rotatable bonds is 6. The number of thiophene rings is 1. The fourth-order valence-corrected chi connectivity index (χ4v) is 3.64. The molecule has 7 heteroatoms. The van der Waals surface area contributed by atoms with Gasteiger partial charge in [0.05, 0.1) is 18.2 Å². The number of nitrogens with one attached hydrogen (secondary N) is 1. The molecule has 0 aliphatic heterocycles. The van der Waals surface area contributed by atoms with Gasteiger partial charge in [-0.05, 0) is 44.1 Å². The fraction of sp³-hybridized carbons (Fsp3) is 0.500. The molecule has 6 nitrogen and oxygen atoms in total. The van der Waals surface area contributed by atoms with Crippen LogP contribution in [0, 0.1) is 5.92 Å². The van der Waals surface area contributed by atoms with Crippen LogP contribution in [0.4, 0.5) is 11.8 Å². The third-order valence-corrected chi connectivity index (χ3v) is 4.81. The Labute approximate surface area is 139 Å². The standard InChI is InChI=1S/C16H22N4O2S/c1-9(2)22-14-8-13(19-16(17)20-14)18-15(10-6-11(21)7-10)12-4-3-5-23-12/h3-5,8-11,15,21H,6-7H2,1-2H3,(H3,17,18,19,20). The van der Waals surface area contributed by atoms with Crippen molar-refractivity contribution in [2.75, 3.05) is 11.1 Å². The summed E-state index contributed by atoms with van der Waals surface area (Å²) in [5, 5.41) is 15.1. The Morgan fingerprint density at radius 3 is 2.78 bits per heavy atom. The highest BCUT2D eigenvalue weighted by atomic mass is 32.1. The van der Waals surface area contributed by atoms with Gasteiger partial charge in [-0.2, -0.15) is 9.97 Å². The van der Waals surface area contributed by atoms with Gasteiger partial charge in [-0.1, -0.05) is 6.07 Å². The lowest BCUT2D eigenvalue weighted by Gasteiger charge is -2.37. The summed E-state index contributed by atoms with van der Waals surface area (Å²) in [5.74, 6) is 1.68. The first-order chi connectivity index (χ1) is 11.0. The third kappa shape index (κ3) is 3.92. The van der Waals surface area contributed by atoms with Crippen molar-refractivity contribution in [3.05, 3.63) is 28.5 Å². The molecule has 2 heterocycles. The smallest absolute Gasteiger partial charge is 0.225 e. The molecule has 0 bridgehead atoms. The molecule has 1 aliphatic rings. The van der Waals surface area contributed by atoms with Crippen molar-refractivity contribution in [3.8, 4) is 5.88 Å². The number of hydrogen-bond acceptors (Lipinski definition) is 7. The largest absolute Gasteiger partial charge is 0.475 e. The van der Waals surface area contributed by atoms with Crippen LogP contribution in [0.15, 0.2) is 23.6 Å². The number of aliphatic hydroxyl groups excluding tert-OH is 1. The Hall–Kier alpha value is -1.86. The number of nitrogen functional groups attached to an aromatic ring is 1. The van der Waals surface area contributed by atoms with E-state index in [0.29, 0.717) is 17.6 Å². The van der Waals surface area contributed by atoms with Crippen LogP contribution in [0.5, 0.6) is 5.88 Å². The van der Waals surface area contributed by atoms with Crippen molar-refractivity contribution in [2.45, 2.75) is 44.9 Å². The third-order valence-electron chi connectivity index (χ3n) is 3.85. The summed E-state index contributed by atoms with van der Waals surface area (Å²) in [6, 6.07) is 6.01. The van der Waals surface area contributed by atoms with E-state index >= 15 is 0 Å². The zero-order chi connectivity index (χ0) is 16.4. The summed E-state index contributed by atoms with van der Waals surface area (Å²) in [6.07, 6.45) is 1.42. The first kappa shape index (κ1) is 16.0. The molecule has 0 saturated heterocycles. The average molecular weight is 334 g/mol. The maximum atomic E-state index is 9.63. The predicted octanol–water partition coefficient (Wildman–Crippen LogP) is 2.83. The van der Waals surface area contributed by atoms with E-state index < -0.39 is 0 Å². The quantitative estimate of drug-likeness (QED) is 0.752. The molecular formula is C16H22N4O2S. The Kier molecular flexibility index (Phi) is 4.68. The molecule has 3 rings (SSSR count). The first-order valence-electron chi connectivity index (χ1n) is 7.80. The van der Waals surface area contributed by atoms with Gasteiger partial charge in [0, 0.05) is 10.9 Å². The van der Waals surface area contributed by atoms with Crippen LogP contribution in [-0.4, -0.2) is 27.3 Å². The zero-order valence-corrected chi connectivity index (χ0v) is 14.1. The van der Waals surface area contributed by atoms with Crippen LogP contribution in [0.3, 0.4) is 0 Å². The lowest BCUT2D eigenvalue weighted by Crippen LogP contribution is -2.35. The van der Waals surface area contributed by atoms with Crippen molar-refractivity contribution in [3.63, 3.8) is 0 Å². The number of nitrogens with two attached hydrogens (primary N) is 1. The number of anilines is 2. The van der Waals surface area contributed by atoms with Gasteiger partial charge in [0.15, 0.2) is 0 Å². The summed E-state index contributed by atoms with van der Waals surface area (Å²) < 4.78 is 5.62. The fourth-order valence-electron chi connectivity index (χ4n) is 2.77. The van der Waals surface area contributed by atoms with Crippen LogP contribution < -0.4 is 15.8 Å². The molecule has 2 aromatic heterocycles. The van der Waals surface area contributed by atoms with Gasteiger partial charge < -0.3 is 20.9 Å². The van der Waals surface area contributed by atoms with Crippen LogP contribution in [-0.2, 0) is 0 Å². The second-order valence-corrected chi connectivity index (χ2v) is 7.12. The Balaban J connectivity index is 1.81. The van der Waals surface area contributed by atoms with Crippen LogP contribution in [0.2, 0.25) is 0 Å². The summed E-state index contributed by atoms with van der Waals surface area (Å²) in [7, 11) is 0. The van der Waals surface area contributed by atoms with Crippen molar-refractivity contribution >= 4 is 23.1 Å². The number of ether oxygens (including phenoxy) is 1. The number of aromatic nitrogens is 2. The minimum atomic E-state index is -0.195. The van der Waals surface area contributed by atoms with Gasteiger partial charge in [-0.25, -0.2) is 0 Å². The topological polar surface area (TPSA) is 93.3 Å². The van der Waals surface area contributed by atoms with Gasteiger partial charge >= 0.3 is 0 Å². The van der Waals surface area contributed by atoms with E-state index in [1.165, 1.54) is 4.88 Å². The number of hydrogen-bond donors (Lipinski definition) is 3. The van der Waals surface area contributed by atoms with Gasteiger partial charge in [0.1, 0.15) is 5.82 Å². The van der Waals surface area contributed by atoms with E-state index in [1.54, 1.807) is 17.4 Å². The molecule has 0 spiro atoms. The molecule has 0 amide bonds. The Morgan fingerprint density at radius 2 is 2.17 bits per heavy atom. The predicted molar refractivity (Wildman–Crippen MR) is 91.6 cm³/mol. The maximum absolute atomic E-state index is 9.63. The molecule has 1 fully saturated rings. The average Bonchev–Trinajstić information content (AvgIpc) is 2.94. The van der Waals surface area contributed by atoms with E-state index in [4.69, 9.17) is 10.5 Å². The second-order valence-electron chi connectivity index (χ2n) is 6.14. The molecule has 1 saturated carbocycles. The molecule has 23 heavy (non-hydrogen) atoms. The minimum absolute atomic E-state index is 0.0204. The normalized spacial score (nSPS) is 21.7. The van der Waals surface area contributed by atoms with E-state index in [9.17, 15) is 5.11 Å². The molecule has 2 aromatic rings. The summed E-state index contributed by atoms with van der Waals surface area (Å²) in [4.78, 5) is 9.60. The summed E-state index contributed by atoms with van der Waals surface area (Å²) in [6.45, 7) is 3.88. The van der Waals surface area contributed by atoms with Crippen molar-refractivity contribution in [2.24, 2.45) is 5.92 Å². The van der Waals surface area contributed by atoms with Gasteiger partial charge in [-0.15, -0.1) is 11.3 Å². The molecule has 4 N–H and O–H groups in total. The lowest BCUT2D eigenvalue weighted by molar-refractivity contribution is 0.0344. The van der Waals surface area contributed by atoms with E-state index in [2.05, 4.69) is 26.7 Å². The highest BCUT2D eigenvalue weighted by Gasteiger charge is 2.35. The van der Waals surface area contributed by atoms with Gasteiger partial charge in [0.2, 0.25) is 11.8 Å². The van der Waals surface area contributed by atoms with Crippen LogP contribution in [0.1, 0.15) is 37.6 Å². The Bertz CT molecular complexity index is 642. The van der Waals surface area contributed by atoms with Crippen molar-refractivity contribution in [1.29, 1.82) is 0 Å². The van der Waals surface area contributed by atoms with Crippen molar-refractivity contribution in [1.82, 2.24) is 9.97 Å². The van der Waals surface area contributed by atoms with Crippen LogP contribution >= 0.6 is 11.3 Å². The van der Waals surface area contributed by atoms with E-state index in [1.807, 2.05) is 19.9 Å². The molecular weight excluding hydrogens is 312 g/mol. The van der Waals surface area contributed by atoms with Gasteiger partial charge in [0.25, 0.3) is 0 Å². The SMILES string of the molecule is CC(C)Oc1cc(NC(c2cccs2)C2CC(O)C2)nc(N)n1. The van der Waals surface area contributed by atoms with E-state index in [-0.39, 0.29) is 24.2 Å². The minimum Gasteiger partial charge on any atom is -0.475 e. The molecule has 0 radical (unpaired) electrons. The lowest BCUT2D eigenvalue weighted by atomic mass is 9.77. The van der Waals surface area contributed by atoms with Crippen LogP contribution in [0.25, 0.3) is 0 Å². The molecule has 1 aliphatic carbocycles. The Morgan fingerprint density at radius 1 is 1.39 bits per heavy atom. The maximum Gasteiger partial charge on any atom is 0.225 e. The monoisotopic (exact) mass is 334 g/mol. The number of aliphatic hydroxyl groups is 1. The summed E-state index contributed by atoms with van der Waals surface area (Å²) >= 11 is 1.70. The number of nitrogens with zero attached hydrogens (tertiary/aromatic N) is 2. The second kappa shape index (κ2) is 6.72. The highest BCUT2D eigenvalue weighted by molar-refractivity contribution is 7.10. The summed E-state index contributed by atoms with van der Waals surface area (Å²) in [5.41, 5.74) is 5.79.